The molecule has 2 aliphatic heterocycles. The van der Waals surface area contributed by atoms with Crippen LogP contribution in [0, 0.1) is 5.92 Å². The molecule has 26 heavy (non-hydrogen) atoms. The van der Waals surface area contributed by atoms with Crippen molar-refractivity contribution >= 4 is 23.3 Å². The van der Waals surface area contributed by atoms with Crippen molar-refractivity contribution in [3.8, 4) is 0 Å². The van der Waals surface area contributed by atoms with Crippen molar-refractivity contribution in [1.82, 2.24) is 14.7 Å². The second-order valence-corrected chi connectivity index (χ2v) is 8.40. The maximum Gasteiger partial charge on any atom is 0.321 e. The highest BCUT2D eigenvalue weighted by Crippen LogP contribution is 2.31. The average molecular weight is 377 g/mol. The third-order valence-electron chi connectivity index (χ3n) is 5.87. The van der Waals surface area contributed by atoms with E-state index in [9.17, 15) is 4.79 Å². The zero-order chi connectivity index (χ0) is 17.9. The minimum absolute atomic E-state index is 0.0236. The Morgan fingerprint density at radius 3 is 2.65 bits per heavy atom. The standard InChI is InChI=1S/C20H29ClN4O/c21-17-4-1-5-18(13-17)22-20(26)24-11-9-23(10-12-24)14-16-3-2-8-25(15-16)19-6-7-19/h1,4-5,13,16,19H,2-3,6-12,14-15H2,(H,22,26)/t16-/m1/s1. The number of nitrogens with zero attached hydrogens (tertiary/aromatic N) is 3. The molecule has 0 radical (unpaired) electrons. The van der Waals surface area contributed by atoms with Gasteiger partial charge in [-0.1, -0.05) is 17.7 Å². The first-order valence-electron chi connectivity index (χ1n) is 9.95. The first kappa shape index (κ1) is 18.1. The molecule has 5 nitrogen and oxygen atoms in total. The third kappa shape index (κ3) is 4.70. The largest absolute Gasteiger partial charge is 0.322 e. The Kier molecular flexibility index (Phi) is 5.67. The summed E-state index contributed by atoms with van der Waals surface area (Å²) < 4.78 is 0. The summed E-state index contributed by atoms with van der Waals surface area (Å²) in [6, 6.07) is 8.18. The highest BCUT2D eigenvalue weighted by molar-refractivity contribution is 6.30. The molecule has 2 heterocycles. The van der Waals surface area contributed by atoms with Gasteiger partial charge >= 0.3 is 6.03 Å². The lowest BCUT2D eigenvalue weighted by molar-refractivity contribution is 0.0982. The predicted octanol–water partition coefficient (Wildman–Crippen LogP) is 3.36. The quantitative estimate of drug-likeness (QED) is 0.875. The molecule has 1 saturated carbocycles. The van der Waals surface area contributed by atoms with Crippen molar-refractivity contribution in [2.24, 2.45) is 5.92 Å². The van der Waals surface area contributed by atoms with E-state index in [0.29, 0.717) is 5.02 Å². The number of halogens is 1. The molecule has 6 heteroatoms. The van der Waals surface area contributed by atoms with Gasteiger partial charge in [-0.2, -0.15) is 0 Å². The fourth-order valence-electron chi connectivity index (χ4n) is 4.29. The summed E-state index contributed by atoms with van der Waals surface area (Å²) in [6.07, 6.45) is 5.53. The van der Waals surface area contributed by atoms with E-state index in [-0.39, 0.29) is 6.03 Å². The predicted molar refractivity (Wildman–Crippen MR) is 106 cm³/mol. The number of hydrogen-bond donors (Lipinski definition) is 1. The fraction of sp³-hybridized carbons (Fsp3) is 0.650. The van der Waals surface area contributed by atoms with Gasteiger partial charge in [0.25, 0.3) is 0 Å². The summed E-state index contributed by atoms with van der Waals surface area (Å²) in [7, 11) is 0. The lowest BCUT2D eigenvalue weighted by Gasteiger charge is -2.39. The SMILES string of the molecule is O=C(Nc1cccc(Cl)c1)N1CCN(C[C@H]2CCCN(C3CC3)C2)CC1. The van der Waals surface area contributed by atoms with E-state index in [1.807, 2.05) is 23.1 Å². The van der Waals surface area contributed by atoms with Crippen LogP contribution in [0.3, 0.4) is 0 Å². The van der Waals surface area contributed by atoms with Gasteiger partial charge in [0.05, 0.1) is 0 Å². The van der Waals surface area contributed by atoms with Gasteiger partial charge in [-0.05, 0) is 56.3 Å². The Balaban J connectivity index is 1.21. The Labute approximate surface area is 161 Å². The highest BCUT2D eigenvalue weighted by atomic mass is 35.5. The van der Waals surface area contributed by atoms with Gasteiger partial charge in [0, 0.05) is 56.0 Å². The molecule has 0 bridgehead atoms. The van der Waals surface area contributed by atoms with Crippen LogP contribution >= 0.6 is 11.6 Å². The molecular formula is C20H29ClN4O. The molecule has 0 spiro atoms. The van der Waals surface area contributed by atoms with Gasteiger partial charge in [0.2, 0.25) is 0 Å². The van der Waals surface area contributed by atoms with Crippen LogP contribution in [0.25, 0.3) is 0 Å². The van der Waals surface area contributed by atoms with Gasteiger partial charge in [-0.15, -0.1) is 0 Å². The summed E-state index contributed by atoms with van der Waals surface area (Å²) in [5.41, 5.74) is 0.757. The number of carbonyl (C=O) groups is 1. The molecule has 0 aromatic heterocycles. The van der Waals surface area contributed by atoms with Gasteiger partial charge in [-0.3, -0.25) is 4.90 Å². The number of piperazine rings is 1. The Morgan fingerprint density at radius 2 is 1.92 bits per heavy atom. The number of carbonyl (C=O) groups excluding carboxylic acids is 1. The van der Waals surface area contributed by atoms with Crippen LogP contribution in [-0.2, 0) is 0 Å². The summed E-state index contributed by atoms with van der Waals surface area (Å²) in [5.74, 6) is 0.802. The molecule has 3 aliphatic rings. The van der Waals surface area contributed by atoms with Gasteiger partial charge in [-0.25, -0.2) is 4.79 Å². The lowest BCUT2D eigenvalue weighted by atomic mass is 9.97. The maximum absolute atomic E-state index is 12.4. The van der Waals surface area contributed by atoms with E-state index in [1.54, 1.807) is 6.07 Å². The summed E-state index contributed by atoms with van der Waals surface area (Å²) >= 11 is 5.98. The lowest BCUT2D eigenvalue weighted by Crippen LogP contribution is -2.52. The first-order valence-corrected chi connectivity index (χ1v) is 10.3. The van der Waals surface area contributed by atoms with E-state index >= 15 is 0 Å². The van der Waals surface area contributed by atoms with Crippen LogP contribution in [0.2, 0.25) is 5.02 Å². The van der Waals surface area contributed by atoms with Gasteiger partial charge in [0.1, 0.15) is 0 Å². The van der Waals surface area contributed by atoms with E-state index < -0.39 is 0 Å². The van der Waals surface area contributed by atoms with Crippen LogP contribution in [-0.4, -0.2) is 72.6 Å². The van der Waals surface area contributed by atoms with Gasteiger partial charge in [0.15, 0.2) is 0 Å². The Bertz CT molecular complexity index is 628. The molecule has 1 aliphatic carbocycles. The number of piperidine rings is 1. The second kappa shape index (κ2) is 8.15. The van der Waals surface area contributed by atoms with E-state index in [1.165, 1.54) is 45.3 Å². The summed E-state index contributed by atoms with van der Waals surface area (Å²) in [5, 5.41) is 3.59. The molecule has 2 saturated heterocycles. The number of rotatable bonds is 4. The normalized spacial score (nSPS) is 25.3. The highest BCUT2D eigenvalue weighted by Gasteiger charge is 2.33. The number of benzene rings is 1. The molecule has 0 unspecified atom stereocenters. The number of hydrogen-bond acceptors (Lipinski definition) is 3. The van der Waals surface area contributed by atoms with Crippen molar-refractivity contribution in [1.29, 1.82) is 0 Å². The maximum atomic E-state index is 12.4. The van der Waals surface area contributed by atoms with Crippen molar-refractivity contribution in [2.75, 3.05) is 51.1 Å². The van der Waals surface area contributed by atoms with E-state index in [4.69, 9.17) is 11.6 Å². The molecule has 3 fully saturated rings. The third-order valence-corrected chi connectivity index (χ3v) is 6.10. The van der Waals surface area contributed by atoms with Crippen LogP contribution in [0.15, 0.2) is 24.3 Å². The van der Waals surface area contributed by atoms with Crippen LogP contribution in [0.1, 0.15) is 25.7 Å². The zero-order valence-electron chi connectivity index (χ0n) is 15.4. The van der Waals surface area contributed by atoms with E-state index in [0.717, 1.165) is 43.8 Å². The molecule has 4 rings (SSSR count). The van der Waals surface area contributed by atoms with Crippen LogP contribution < -0.4 is 5.32 Å². The van der Waals surface area contributed by atoms with Crippen LogP contribution in [0.5, 0.6) is 0 Å². The van der Waals surface area contributed by atoms with Gasteiger partial charge < -0.3 is 15.1 Å². The number of anilines is 1. The summed E-state index contributed by atoms with van der Waals surface area (Å²) in [6.45, 7) is 7.31. The molecule has 2 amide bonds. The molecule has 1 atom stereocenters. The minimum Gasteiger partial charge on any atom is -0.322 e. The second-order valence-electron chi connectivity index (χ2n) is 7.96. The molecule has 1 N–H and O–H groups in total. The van der Waals surface area contributed by atoms with Crippen molar-refractivity contribution < 1.29 is 4.79 Å². The molecule has 1 aromatic carbocycles. The molecule has 1 aromatic rings. The Hall–Kier alpha value is -1.30. The fourth-order valence-corrected chi connectivity index (χ4v) is 4.48. The molecule has 142 valence electrons. The average Bonchev–Trinajstić information content (AvgIpc) is 3.48. The topological polar surface area (TPSA) is 38.8 Å². The smallest absolute Gasteiger partial charge is 0.321 e. The number of urea groups is 1. The number of amides is 2. The molecular weight excluding hydrogens is 348 g/mol. The van der Waals surface area contributed by atoms with Crippen LogP contribution in [0.4, 0.5) is 10.5 Å². The van der Waals surface area contributed by atoms with E-state index in [2.05, 4.69) is 15.1 Å². The minimum atomic E-state index is -0.0236. The first-order chi connectivity index (χ1) is 12.7. The number of likely N-dealkylation sites (tertiary alicyclic amines) is 1. The van der Waals surface area contributed by atoms with Crippen molar-refractivity contribution in [3.05, 3.63) is 29.3 Å². The summed E-state index contributed by atoms with van der Waals surface area (Å²) in [4.78, 5) is 19.6. The van der Waals surface area contributed by atoms with Crippen molar-refractivity contribution in [3.63, 3.8) is 0 Å². The number of nitrogens with one attached hydrogen (secondary N) is 1. The Morgan fingerprint density at radius 1 is 1.12 bits per heavy atom. The monoisotopic (exact) mass is 376 g/mol. The van der Waals surface area contributed by atoms with Crippen molar-refractivity contribution in [2.45, 2.75) is 31.7 Å². The zero-order valence-corrected chi connectivity index (χ0v) is 16.1.